The molecule has 2 fully saturated rings. The summed E-state index contributed by atoms with van der Waals surface area (Å²) in [6.45, 7) is 3.39. The van der Waals surface area contributed by atoms with Crippen molar-refractivity contribution >= 4 is 17.7 Å². The average Bonchev–Trinajstić information content (AvgIpc) is 3.58. The summed E-state index contributed by atoms with van der Waals surface area (Å²) in [5, 5.41) is 7.52. The Bertz CT molecular complexity index is 1220. The second kappa shape index (κ2) is 9.13. The quantitative estimate of drug-likeness (QED) is 0.610. The molecule has 2 aliphatic rings. The molecule has 1 aliphatic carbocycles. The van der Waals surface area contributed by atoms with Crippen LogP contribution in [-0.4, -0.2) is 69.5 Å². The molecule has 1 saturated heterocycles. The summed E-state index contributed by atoms with van der Waals surface area (Å²) >= 11 is 0. The van der Waals surface area contributed by atoms with E-state index in [0.717, 1.165) is 29.7 Å². The van der Waals surface area contributed by atoms with Gasteiger partial charge in [-0.05, 0) is 37.5 Å². The van der Waals surface area contributed by atoms with Crippen molar-refractivity contribution in [2.45, 2.75) is 25.8 Å². The first-order chi connectivity index (χ1) is 16.5. The minimum Gasteiger partial charge on any atom is -0.345 e. The molecule has 0 atom stereocenters. The van der Waals surface area contributed by atoms with Gasteiger partial charge in [0.15, 0.2) is 0 Å². The van der Waals surface area contributed by atoms with Crippen molar-refractivity contribution < 1.29 is 14.4 Å². The maximum atomic E-state index is 13.6. The highest BCUT2D eigenvalue weighted by atomic mass is 16.2. The van der Waals surface area contributed by atoms with Gasteiger partial charge >= 0.3 is 11.8 Å². The zero-order chi connectivity index (χ0) is 23.7. The van der Waals surface area contributed by atoms with E-state index in [2.05, 4.69) is 5.32 Å². The molecule has 1 aromatic heterocycles. The normalized spacial score (nSPS) is 15.8. The molecule has 0 unspecified atom stereocenters. The van der Waals surface area contributed by atoms with Crippen LogP contribution in [0.1, 0.15) is 28.8 Å². The molecule has 1 saturated carbocycles. The molecule has 2 aromatic carbocycles. The van der Waals surface area contributed by atoms with Gasteiger partial charge in [-0.1, -0.05) is 42.5 Å². The Balaban J connectivity index is 1.37. The van der Waals surface area contributed by atoms with Crippen LogP contribution in [0.3, 0.4) is 0 Å². The van der Waals surface area contributed by atoms with Crippen LogP contribution in [-0.2, 0) is 9.59 Å². The summed E-state index contributed by atoms with van der Waals surface area (Å²) in [6.07, 6.45) is 3.64. The fraction of sp³-hybridized carbons (Fsp3) is 0.308. The Morgan fingerprint density at radius 2 is 1.53 bits per heavy atom. The molecule has 3 amide bonds. The summed E-state index contributed by atoms with van der Waals surface area (Å²) < 4.78 is 1.73. The maximum Gasteiger partial charge on any atom is 0.312 e. The molecule has 8 heteroatoms. The van der Waals surface area contributed by atoms with E-state index in [9.17, 15) is 14.4 Å². The molecule has 1 aliphatic heterocycles. The van der Waals surface area contributed by atoms with Gasteiger partial charge in [0.1, 0.15) is 5.69 Å². The van der Waals surface area contributed by atoms with E-state index in [0.29, 0.717) is 37.4 Å². The van der Waals surface area contributed by atoms with Crippen LogP contribution in [0.2, 0.25) is 0 Å². The third-order valence-corrected chi connectivity index (χ3v) is 6.33. The second-order valence-electron chi connectivity index (χ2n) is 8.82. The SMILES string of the molecule is Cc1ccccc1-c1nn(-c2ccccc2)cc1C(=O)N1CCN(C(=O)C(=O)NC2CC2)CC1. The Morgan fingerprint density at radius 3 is 2.21 bits per heavy atom. The number of rotatable bonds is 4. The van der Waals surface area contributed by atoms with Gasteiger partial charge in [-0.15, -0.1) is 0 Å². The van der Waals surface area contributed by atoms with Gasteiger partial charge in [-0.2, -0.15) is 5.10 Å². The van der Waals surface area contributed by atoms with E-state index in [1.807, 2.05) is 61.5 Å². The molecule has 0 spiro atoms. The van der Waals surface area contributed by atoms with Crippen molar-refractivity contribution in [2.24, 2.45) is 0 Å². The fourth-order valence-corrected chi connectivity index (χ4v) is 4.18. The highest BCUT2D eigenvalue weighted by Crippen LogP contribution is 2.28. The van der Waals surface area contributed by atoms with Crippen molar-refractivity contribution in [1.29, 1.82) is 0 Å². The molecule has 8 nitrogen and oxygen atoms in total. The Hall–Kier alpha value is -3.94. The molecule has 174 valence electrons. The Morgan fingerprint density at radius 1 is 0.882 bits per heavy atom. The summed E-state index contributed by atoms with van der Waals surface area (Å²) in [7, 11) is 0. The average molecular weight is 458 g/mol. The first-order valence-corrected chi connectivity index (χ1v) is 11.6. The molecular weight excluding hydrogens is 430 g/mol. The van der Waals surface area contributed by atoms with Crippen LogP contribution in [0.25, 0.3) is 16.9 Å². The van der Waals surface area contributed by atoms with Gasteiger partial charge < -0.3 is 15.1 Å². The fourth-order valence-electron chi connectivity index (χ4n) is 4.18. The number of carbonyl (C=O) groups excluding carboxylic acids is 3. The molecule has 34 heavy (non-hydrogen) atoms. The zero-order valence-electron chi connectivity index (χ0n) is 19.1. The standard InChI is InChI=1S/C26H27N5O3/c1-18-7-5-6-10-21(18)23-22(17-31(28-23)20-8-3-2-4-9-20)25(33)29-13-15-30(16-14-29)26(34)24(32)27-19-11-12-19/h2-10,17,19H,11-16H2,1H3,(H,27,32). The van der Waals surface area contributed by atoms with E-state index in [-0.39, 0.29) is 11.9 Å². The molecule has 1 N–H and O–H groups in total. The van der Waals surface area contributed by atoms with Gasteiger partial charge in [-0.3, -0.25) is 14.4 Å². The Labute approximate surface area is 198 Å². The first-order valence-electron chi connectivity index (χ1n) is 11.6. The number of amides is 3. The van der Waals surface area contributed by atoms with Crippen LogP contribution < -0.4 is 5.32 Å². The number of hydrogen-bond acceptors (Lipinski definition) is 4. The van der Waals surface area contributed by atoms with E-state index in [1.54, 1.807) is 15.8 Å². The van der Waals surface area contributed by atoms with Gasteiger partial charge in [0, 0.05) is 44.0 Å². The van der Waals surface area contributed by atoms with Crippen molar-refractivity contribution in [3.8, 4) is 16.9 Å². The Kier molecular flexibility index (Phi) is 5.88. The van der Waals surface area contributed by atoms with E-state index in [1.165, 1.54) is 4.90 Å². The first kappa shape index (κ1) is 21.9. The van der Waals surface area contributed by atoms with Gasteiger partial charge in [0.25, 0.3) is 5.91 Å². The summed E-state index contributed by atoms with van der Waals surface area (Å²) in [4.78, 5) is 41.4. The number of aryl methyl sites for hydroxylation is 1. The van der Waals surface area contributed by atoms with Crippen LogP contribution in [0, 0.1) is 6.92 Å². The molecule has 0 bridgehead atoms. The highest BCUT2D eigenvalue weighted by molar-refractivity contribution is 6.35. The summed E-state index contributed by atoms with van der Waals surface area (Å²) in [6, 6.07) is 17.7. The smallest absolute Gasteiger partial charge is 0.312 e. The van der Waals surface area contributed by atoms with Crippen LogP contribution in [0.4, 0.5) is 0 Å². The molecular formula is C26H27N5O3. The summed E-state index contributed by atoms with van der Waals surface area (Å²) in [5.74, 6) is -1.19. The van der Waals surface area contributed by atoms with Crippen molar-refractivity contribution in [3.63, 3.8) is 0 Å². The van der Waals surface area contributed by atoms with Gasteiger partial charge in [0.2, 0.25) is 0 Å². The second-order valence-corrected chi connectivity index (χ2v) is 8.82. The molecule has 5 rings (SSSR count). The minimum absolute atomic E-state index is 0.130. The predicted octanol–water partition coefficient (Wildman–Crippen LogP) is 2.41. The highest BCUT2D eigenvalue weighted by Gasteiger charge is 2.32. The molecule has 0 radical (unpaired) electrons. The third kappa shape index (κ3) is 4.44. The van der Waals surface area contributed by atoms with Crippen molar-refractivity contribution in [2.75, 3.05) is 26.2 Å². The number of aromatic nitrogens is 2. The van der Waals surface area contributed by atoms with Gasteiger partial charge in [0.05, 0.1) is 11.3 Å². The lowest BCUT2D eigenvalue weighted by Crippen LogP contribution is -2.54. The lowest BCUT2D eigenvalue weighted by molar-refractivity contribution is -0.146. The van der Waals surface area contributed by atoms with E-state index < -0.39 is 11.8 Å². The number of benzene rings is 2. The lowest BCUT2D eigenvalue weighted by Gasteiger charge is -2.34. The number of nitrogens with one attached hydrogen (secondary N) is 1. The maximum absolute atomic E-state index is 13.6. The minimum atomic E-state index is -0.548. The third-order valence-electron chi connectivity index (χ3n) is 6.33. The van der Waals surface area contributed by atoms with Crippen LogP contribution >= 0.6 is 0 Å². The van der Waals surface area contributed by atoms with Gasteiger partial charge in [-0.25, -0.2) is 4.68 Å². The van der Waals surface area contributed by atoms with Crippen molar-refractivity contribution in [1.82, 2.24) is 24.9 Å². The zero-order valence-corrected chi connectivity index (χ0v) is 19.1. The topological polar surface area (TPSA) is 87.5 Å². The molecule has 3 aromatic rings. The monoisotopic (exact) mass is 457 g/mol. The van der Waals surface area contributed by atoms with Crippen LogP contribution in [0.15, 0.2) is 60.8 Å². The predicted molar refractivity (Wildman–Crippen MR) is 127 cm³/mol. The van der Waals surface area contributed by atoms with E-state index >= 15 is 0 Å². The van der Waals surface area contributed by atoms with Crippen molar-refractivity contribution in [3.05, 3.63) is 71.9 Å². The molecule has 2 heterocycles. The summed E-state index contributed by atoms with van der Waals surface area (Å²) in [5.41, 5.74) is 3.96. The van der Waals surface area contributed by atoms with Crippen LogP contribution in [0.5, 0.6) is 0 Å². The lowest BCUT2D eigenvalue weighted by atomic mass is 10.0. The number of nitrogens with zero attached hydrogens (tertiary/aromatic N) is 4. The number of carbonyl (C=O) groups is 3. The number of hydrogen-bond donors (Lipinski definition) is 1. The number of para-hydroxylation sites is 1. The largest absolute Gasteiger partial charge is 0.345 e. The van der Waals surface area contributed by atoms with E-state index in [4.69, 9.17) is 5.10 Å². The number of piperazine rings is 1.